The first kappa shape index (κ1) is 26.3. The number of carbonyl (C=O) groups excluding carboxylic acids is 2. The fourth-order valence-corrected chi connectivity index (χ4v) is 7.26. The van der Waals surface area contributed by atoms with Crippen molar-refractivity contribution in [2.75, 3.05) is 9.80 Å². The second kappa shape index (κ2) is 9.46. The van der Waals surface area contributed by atoms with E-state index in [1.165, 1.54) is 16.2 Å². The highest BCUT2D eigenvalue weighted by molar-refractivity contribution is 7.15. The Kier molecular flexibility index (Phi) is 5.92. The van der Waals surface area contributed by atoms with E-state index < -0.39 is 22.8 Å². The number of hydrogen-bond acceptors (Lipinski definition) is 7. The predicted molar refractivity (Wildman–Crippen MR) is 162 cm³/mol. The number of amides is 2. The van der Waals surface area contributed by atoms with E-state index in [1.807, 2.05) is 68.4 Å². The highest BCUT2D eigenvalue weighted by atomic mass is 32.1. The number of aryl methyl sites for hydroxylation is 2. The van der Waals surface area contributed by atoms with Crippen LogP contribution in [-0.4, -0.2) is 22.0 Å². The third-order valence-electron chi connectivity index (χ3n) is 8.10. The molecule has 2 aliphatic rings. The zero-order valence-electron chi connectivity index (χ0n) is 23.7. The number of benzene rings is 3. The summed E-state index contributed by atoms with van der Waals surface area (Å²) in [6, 6.07) is 20.5. The van der Waals surface area contributed by atoms with Crippen molar-refractivity contribution in [2.45, 2.75) is 46.2 Å². The van der Waals surface area contributed by atoms with Gasteiger partial charge in [-0.2, -0.15) is 0 Å². The molecular weight excluding hydrogens is 548 g/mol. The summed E-state index contributed by atoms with van der Waals surface area (Å²) in [6.45, 7) is 8.31. The van der Waals surface area contributed by atoms with Gasteiger partial charge in [-0.1, -0.05) is 79.3 Å². The first-order chi connectivity index (χ1) is 20.2. The van der Waals surface area contributed by atoms with Gasteiger partial charge in [0.15, 0.2) is 11.0 Å². The Morgan fingerprint density at radius 1 is 0.952 bits per heavy atom. The lowest BCUT2D eigenvalue weighted by atomic mass is 9.84. The van der Waals surface area contributed by atoms with E-state index in [0.717, 1.165) is 21.7 Å². The maximum atomic E-state index is 15.0. The van der Waals surface area contributed by atoms with Crippen LogP contribution in [-0.2, 0) is 23.3 Å². The highest BCUT2D eigenvalue weighted by Gasteiger charge is 2.66. The average molecular weight is 577 g/mol. The summed E-state index contributed by atoms with van der Waals surface area (Å²) in [5.74, 6) is -0.809. The van der Waals surface area contributed by atoms with Crippen molar-refractivity contribution >= 4 is 44.9 Å². The van der Waals surface area contributed by atoms with E-state index in [0.29, 0.717) is 34.6 Å². The second-order valence-corrected chi connectivity index (χ2v) is 12.4. The molecule has 2 aliphatic heterocycles. The van der Waals surface area contributed by atoms with Crippen LogP contribution in [0.15, 0.2) is 75.9 Å². The monoisotopic (exact) mass is 576 g/mol. The largest absolute Gasteiger partial charge is 0.450 e. The fourth-order valence-electron chi connectivity index (χ4n) is 6.16. The molecule has 0 fully saturated rings. The SMILES string of the molecule is Cc1ccc2oc3c(c(=O)c2c1)C1(C(=O)N(Cc2ccccc2C)c2ccccc21)N(c1nnc(CC(C)C)s1)C3=O. The lowest BCUT2D eigenvalue weighted by Gasteiger charge is -2.32. The Morgan fingerprint density at radius 3 is 2.50 bits per heavy atom. The summed E-state index contributed by atoms with van der Waals surface area (Å²) in [5.41, 5.74) is 2.16. The van der Waals surface area contributed by atoms with Crippen LogP contribution < -0.4 is 15.2 Å². The molecule has 0 saturated carbocycles. The van der Waals surface area contributed by atoms with Gasteiger partial charge in [0.1, 0.15) is 10.6 Å². The Morgan fingerprint density at radius 2 is 1.71 bits per heavy atom. The average Bonchev–Trinajstić information content (AvgIpc) is 3.59. The van der Waals surface area contributed by atoms with Gasteiger partial charge in [-0.25, -0.2) is 0 Å². The number of rotatable bonds is 5. The van der Waals surface area contributed by atoms with Gasteiger partial charge in [-0.15, -0.1) is 10.2 Å². The summed E-state index contributed by atoms with van der Waals surface area (Å²) in [6.07, 6.45) is 0.671. The van der Waals surface area contributed by atoms with E-state index >= 15 is 4.79 Å². The summed E-state index contributed by atoms with van der Waals surface area (Å²) >= 11 is 1.26. The number of fused-ring (bicyclic) bond motifs is 5. The molecular formula is C33H28N4O4S. The second-order valence-electron chi connectivity index (χ2n) is 11.4. The molecule has 0 radical (unpaired) electrons. The predicted octanol–water partition coefficient (Wildman–Crippen LogP) is 5.91. The van der Waals surface area contributed by atoms with Gasteiger partial charge in [-0.05, 0) is 49.1 Å². The molecule has 0 saturated heterocycles. The molecule has 9 heteroatoms. The van der Waals surface area contributed by atoms with Gasteiger partial charge < -0.3 is 9.32 Å². The standard InChI is InChI=1S/C33H28N4O4S/c1-18(2)15-26-34-35-32(42-26)37-30(39)29-27(28(38)22-16-19(3)13-14-25(22)41-29)33(37)23-11-7-8-12-24(23)36(31(33)40)17-21-10-6-5-9-20(21)4/h5-14,16,18H,15,17H2,1-4H3. The van der Waals surface area contributed by atoms with Crippen LogP contribution in [0.3, 0.4) is 0 Å². The van der Waals surface area contributed by atoms with Gasteiger partial charge in [0, 0.05) is 12.0 Å². The molecule has 1 unspecified atom stereocenters. The third kappa shape index (κ3) is 3.62. The lowest BCUT2D eigenvalue weighted by molar-refractivity contribution is -0.121. The summed E-state index contributed by atoms with van der Waals surface area (Å²) in [7, 11) is 0. The minimum absolute atomic E-state index is 0.0240. The smallest absolute Gasteiger partial charge is 0.297 e. The van der Waals surface area contributed by atoms with Gasteiger partial charge in [0.05, 0.1) is 23.2 Å². The minimum atomic E-state index is -1.79. The maximum Gasteiger partial charge on any atom is 0.297 e. The van der Waals surface area contributed by atoms with E-state index in [2.05, 4.69) is 24.0 Å². The van der Waals surface area contributed by atoms with Gasteiger partial charge >= 0.3 is 0 Å². The number of nitrogens with zero attached hydrogens (tertiary/aromatic N) is 4. The van der Waals surface area contributed by atoms with Crippen LogP contribution in [0, 0.1) is 19.8 Å². The number of carbonyl (C=O) groups is 2. The van der Waals surface area contributed by atoms with Crippen LogP contribution in [0.4, 0.5) is 10.8 Å². The molecule has 2 amide bonds. The maximum absolute atomic E-state index is 15.0. The number of aromatic nitrogens is 2. The van der Waals surface area contributed by atoms with Crippen molar-refractivity contribution in [3.05, 3.63) is 116 Å². The normalized spacial score (nSPS) is 17.6. The number of anilines is 2. The van der Waals surface area contributed by atoms with E-state index in [1.54, 1.807) is 17.0 Å². The van der Waals surface area contributed by atoms with Crippen LogP contribution in [0.2, 0.25) is 0 Å². The summed E-state index contributed by atoms with van der Waals surface area (Å²) in [4.78, 5) is 46.9. The quantitative estimate of drug-likeness (QED) is 0.258. The van der Waals surface area contributed by atoms with Crippen molar-refractivity contribution in [1.82, 2.24) is 10.2 Å². The molecule has 0 bridgehead atoms. The first-order valence-corrected chi connectivity index (χ1v) is 14.7. The van der Waals surface area contributed by atoms with E-state index in [9.17, 15) is 9.59 Å². The van der Waals surface area contributed by atoms with Crippen LogP contribution >= 0.6 is 11.3 Å². The van der Waals surface area contributed by atoms with Crippen LogP contribution in [0.5, 0.6) is 0 Å². The number of para-hydroxylation sites is 1. The Hall–Kier alpha value is -4.63. The molecule has 210 valence electrons. The lowest BCUT2D eigenvalue weighted by Crippen LogP contribution is -2.53. The van der Waals surface area contributed by atoms with Crippen molar-refractivity contribution < 1.29 is 14.0 Å². The molecule has 5 aromatic rings. The van der Waals surface area contributed by atoms with E-state index in [-0.39, 0.29) is 23.0 Å². The molecule has 42 heavy (non-hydrogen) atoms. The molecule has 8 nitrogen and oxygen atoms in total. The zero-order valence-corrected chi connectivity index (χ0v) is 24.5. The van der Waals surface area contributed by atoms with Crippen molar-refractivity contribution in [3.8, 4) is 0 Å². The molecule has 2 aromatic heterocycles. The Bertz CT molecular complexity index is 1990. The third-order valence-corrected chi connectivity index (χ3v) is 9.03. The molecule has 0 N–H and O–H groups in total. The molecule has 0 aliphatic carbocycles. The number of hydrogen-bond donors (Lipinski definition) is 0. The van der Waals surface area contributed by atoms with Gasteiger partial charge in [-0.3, -0.25) is 19.3 Å². The van der Waals surface area contributed by atoms with Gasteiger partial charge in [0.2, 0.25) is 10.9 Å². The van der Waals surface area contributed by atoms with E-state index in [4.69, 9.17) is 4.42 Å². The first-order valence-electron chi connectivity index (χ1n) is 13.9. The fraction of sp³-hybridized carbons (Fsp3) is 0.242. The van der Waals surface area contributed by atoms with Crippen LogP contribution in [0.25, 0.3) is 11.0 Å². The summed E-state index contributed by atoms with van der Waals surface area (Å²) < 4.78 is 6.19. The van der Waals surface area contributed by atoms with Crippen molar-refractivity contribution in [2.24, 2.45) is 5.92 Å². The molecule has 3 aromatic carbocycles. The van der Waals surface area contributed by atoms with Gasteiger partial charge in [0.25, 0.3) is 11.8 Å². The Balaban J connectivity index is 1.54. The molecule has 4 heterocycles. The molecule has 1 atom stereocenters. The zero-order chi connectivity index (χ0) is 29.3. The van der Waals surface area contributed by atoms with Crippen molar-refractivity contribution in [3.63, 3.8) is 0 Å². The topological polar surface area (TPSA) is 96.6 Å². The van der Waals surface area contributed by atoms with Crippen molar-refractivity contribution in [1.29, 1.82) is 0 Å². The molecule has 7 rings (SSSR count). The molecule has 1 spiro atoms. The summed E-state index contributed by atoms with van der Waals surface area (Å²) in [5, 5.41) is 10.1. The van der Waals surface area contributed by atoms with Crippen LogP contribution in [0.1, 0.15) is 57.2 Å². The highest BCUT2D eigenvalue weighted by Crippen LogP contribution is 2.54. The Labute approximate surface area is 246 Å². The minimum Gasteiger partial charge on any atom is -0.450 e.